The van der Waals surface area contributed by atoms with E-state index in [-0.39, 0.29) is 151 Å². The molecule has 0 spiro atoms. The minimum Gasteiger partial charge on any atom is -0.508 e. The number of carboxylic acid groups (broad SMARTS) is 1. The number of benzene rings is 2. The van der Waals surface area contributed by atoms with Crippen LogP contribution >= 0.6 is 0 Å². The molecule has 2 aliphatic heterocycles. The molecule has 2 aromatic rings. The van der Waals surface area contributed by atoms with Crippen LogP contribution in [-0.4, -0.2) is 313 Å². The van der Waals surface area contributed by atoms with Gasteiger partial charge in [0.2, 0.25) is 118 Å². The number of aromatic hydroxyl groups is 1. The summed E-state index contributed by atoms with van der Waals surface area (Å²) in [4.78, 5) is 291. The average Bonchev–Trinajstić information content (AvgIpc) is 1.72. The number of primary amides is 1. The molecule has 0 saturated carbocycles. The zero-order valence-corrected chi connectivity index (χ0v) is 86.0. The lowest BCUT2D eigenvalue weighted by Crippen LogP contribution is -2.60. The summed E-state index contributed by atoms with van der Waals surface area (Å²) in [5, 5.41) is 82.8. The number of phenols is 1. The molecule has 2 aliphatic rings. The Morgan fingerprint density at radius 1 is 0.381 bits per heavy atom. The van der Waals surface area contributed by atoms with Crippen LogP contribution in [-0.2, 0) is 114 Å². The second-order valence-corrected chi connectivity index (χ2v) is 38.7. The van der Waals surface area contributed by atoms with Crippen molar-refractivity contribution in [2.45, 2.75) is 283 Å². The number of nitrogens with two attached hydrogens (primary N) is 5. The molecule has 0 aromatic heterocycles. The van der Waals surface area contributed by atoms with Gasteiger partial charge in [-0.15, -0.1) is 0 Å². The van der Waals surface area contributed by atoms with Gasteiger partial charge in [-0.3, -0.25) is 112 Å². The van der Waals surface area contributed by atoms with E-state index in [1.54, 1.807) is 113 Å². The Balaban J connectivity index is 1.39. The first kappa shape index (κ1) is 125. The molecule has 2 heterocycles. The molecule has 51 heteroatoms. The van der Waals surface area contributed by atoms with Gasteiger partial charge in [-0.1, -0.05) is 132 Å². The van der Waals surface area contributed by atoms with Gasteiger partial charge in [0.1, 0.15) is 90.8 Å². The number of nitrogens with zero attached hydrogens (tertiary/aromatic N) is 2. The van der Waals surface area contributed by atoms with E-state index < -0.39 is 266 Å². The maximum Gasteiger partial charge on any atom is 0.322 e. The second kappa shape index (κ2) is 64.4. The first-order chi connectivity index (χ1) is 69.3. The van der Waals surface area contributed by atoms with Crippen LogP contribution in [0.15, 0.2) is 54.6 Å². The normalized spacial score (nSPS) is 15.9. The number of carbonyl (C=O) groups excluding carboxylic acids is 20. The van der Waals surface area contributed by atoms with E-state index in [9.17, 15) is 111 Å². The topological polar surface area (TPSA) is 812 Å². The Hall–Kier alpha value is -14.4. The number of rotatable bonds is 65. The van der Waals surface area contributed by atoms with E-state index in [0.717, 1.165) is 0 Å². The van der Waals surface area contributed by atoms with Crippen LogP contribution in [0.1, 0.15) is 197 Å². The third-order valence-corrected chi connectivity index (χ3v) is 24.1. The average molecular weight is 2070 g/mol. The van der Waals surface area contributed by atoms with Gasteiger partial charge in [0.25, 0.3) is 0 Å². The molecule has 0 aliphatic carbocycles. The molecule has 15 atom stereocenters. The van der Waals surface area contributed by atoms with E-state index >= 15 is 0 Å². The summed E-state index contributed by atoms with van der Waals surface area (Å²) >= 11 is 0. The van der Waals surface area contributed by atoms with Gasteiger partial charge in [-0.05, 0) is 155 Å². The van der Waals surface area contributed by atoms with Crippen molar-refractivity contribution in [1.82, 2.24) is 111 Å². The van der Waals surface area contributed by atoms with E-state index in [2.05, 4.69) is 101 Å². The molecule has 2 fully saturated rings. The highest BCUT2D eigenvalue weighted by Gasteiger charge is 2.44. The molecule has 0 bridgehead atoms. The molecule has 33 N–H and O–H groups in total. The number of phenolic OH excluding ortho intramolecular Hbond substituents is 1. The minimum absolute atomic E-state index is 0.0158. The van der Waals surface area contributed by atoms with Gasteiger partial charge < -0.3 is 150 Å². The van der Waals surface area contributed by atoms with Gasteiger partial charge in [0.15, 0.2) is 11.9 Å². The first-order valence-electron chi connectivity index (χ1n) is 49.8. The maximum absolute atomic E-state index is 14.9. The van der Waals surface area contributed by atoms with E-state index in [0.29, 0.717) is 43.4 Å². The predicted octanol–water partition coefficient (Wildman–Crippen LogP) is -6.37. The van der Waals surface area contributed by atoms with Gasteiger partial charge in [-0.2, -0.15) is 0 Å². The number of hydrogen-bond acceptors (Lipinski definition) is 26. The third kappa shape index (κ3) is 46.2. The highest BCUT2D eigenvalue weighted by Crippen LogP contribution is 2.25. The fraction of sp³-hybridized carbons (Fsp3) is 0.635. The quantitative estimate of drug-likeness (QED) is 0.0166. The number of likely N-dealkylation sites (tertiary alicyclic amines) is 2. The third-order valence-electron chi connectivity index (χ3n) is 24.1. The predicted molar refractivity (Wildman–Crippen MR) is 539 cm³/mol. The van der Waals surface area contributed by atoms with Crippen LogP contribution in [0.2, 0.25) is 0 Å². The van der Waals surface area contributed by atoms with Crippen molar-refractivity contribution < 1.29 is 111 Å². The molecule has 0 radical (unpaired) electrons. The first-order valence-corrected chi connectivity index (χ1v) is 49.8. The summed E-state index contributed by atoms with van der Waals surface area (Å²) < 4.78 is 0. The van der Waals surface area contributed by atoms with Crippen LogP contribution in [0.3, 0.4) is 0 Å². The lowest BCUT2D eigenvalue weighted by Gasteiger charge is -2.32. The lowest BCUT2D eigenvalue weighted by molar-refractivity contribution is -0.143. The number of aliphatic carboxylic acids is 1. The van der Waals surface area contributed by atoms with Crippen molar-refractivity contribution in [3.8, 4) is 5.75 Å². The van der Waals surface area contributed by atoms with Crippen LogP contribution in [0.4, 0.5) is 0 Å². The van der Waals surface area contributed by atoms with Gasteiger partial charge in [-0.25, -0.2) is 0 Å². The molecule has 2 aromatic carbocycles. The van der Waals surface area contributed by atoms with E-state index in [1.165, 1.54) is 34.1 Å². The Bertz CT molecular complexity index is 4820. The van der Waals surface area contributed by atoms with Crippen molar-refractivity contribution in [2.24, 2.45) is 64.2 Å². The Kier molecular flexibility index (Phi) is 54.7. The molecule has 147 heavy (non-hydrogen) atoms. The van der Waals surface area contributed by atoms with E-state index in [1.807, 2.05) is 0 Å². The fourth-order valence-corrected chi connectivity index (χ4v) is 16.0. The standard InChI is InChI=1S/C96H156N28O23/c1-13-56(12)80(122-87(140)66(44-71(98)126)113-76(131)49-107-72(127)45-106-73(128)46-109-88(141)69-28-21-37-123(69)94(147)68(43-57-23-15-14-16-24-57)120-83(136)61(25-17-18-34-97)116-90(143)78(99)54(8)9)92(145)121-79(55(10)11)91(144)110-47-74(129)108-48-75(130)112-63(39-51(2)3)84(137)118-65(42-58-30-32-59(125)33-31-58)86(139)117-64(40-52(4)5)85(138)119-67(41-53(6)7)93(146)124-38-22-29-70(124)89(142)115-62(27-20-36-105-96(102)103)82(135)114-60(26-19-35-104-95(100)101)81(134)111-50-77(132)133/h14-16,23-24,30-33,51-56,60-70,78-80,125H,13,17-22,25-29,34-50,97,99H2,1-12H3,(H2,98,126)(H,106,128)(H,107,127)(H,108,129)(H,109,141)(H,110,144)(H,111,134)(H,112,130)(H,113,131)(H,114,135)(H,115,142)(H,116,143)(H,117,139)(H,118,137)(H,119,138)(H,120,136)(H,121,145)(H,122,140)(H,132,133)(H4,100,101,104)(H4,102,103,105)/t56-,60-,61-,62-,63-,64-,65-,66-,67-,68-,69-,70-,78-,79-,80-/m0/s1. The van der Waals surface area contributed by atoms with Crippen molar-refractivity contribution in [3.63, 3.8) is 0 Å². The van der Waals surface area contributed by atoms with Crippen molar-refractivity contribution in [1.29, 1.82) is 10.8 Å². The molecule has 0 unspecified atom stereocenters. The molecular formula is C96H156N28O23. The van der Waals surface area contributed by atoms with Crippen LogP contribution in [0.25, 0.3) is 0 Å². The summed E-state index contributed by atoms with van der Waals surface area (Å²) in [5.74, 6) is -21.7. The summed E-state index contributed by atoms with van der Waals surface area (Å²) in [6.07, 6.45) is 1.51. The Morgan fingerprint density at radius 3 is 1.27 bits per heavy atom. The monoisotopic (exact) mass is 2070 g/mol. The zero-order valence-electron chi connectivity index (χ0n) is 86.0. The highest BCUT2D eigenvalue weighted by atomic mass is 16.4. The van der Waals surface area contributed by atoms with Crippen LogP contribution < -0.4 is 130 Å². The highest BCUT2D eigenvalue weighted by molar-refractivity contribution is 6.02. The summed E-state index contributed by atoms with van der Waals surface area (Å²) in [6.45, 7) is 16.6. The number of amides is 20. The number of carboxylic acids is 1. The number of hydrogen-bond donors (Lipinski definition) is 28. The van der Waals surface area contributed by atoms with Crippen molar-refractivity contribution in [2.75, 3.05) is 72.0 Å². The lowest BCUT2D eigenvalue weighted by atomic mass is 9.96. The van der Waals surface area contributed by atoms with Crippen LogP contribution in [0.5, 0.6) is 5.75 Å². The second-order valence-electron chi connectivity index (χ2n) is 38.7. The smallest absolute Gasteiger partial charge is 0.322 e. The molecule has 818 valence electrons. The van der Waals surface area contributed by atoms with Gasteiger partial charge in [0.05, 0.1) is 45.2 Å². The number of nitrogens with one attached hydrogen (secondary N) is 21. The Morgan fingerprint density at radius 2 is 0.776 bits per heavy atom. The molecule has 4 rings (SSSR count). The minimum atomic E-state index is -1.75. The van der Waals surface area contributed by atoms with Gasteiger partial charge in [0, 0.05) is 39.0 Å². The molecule has 2 saturated heterocycles. The summed E-state index contributed by atoms with van der Waals surface area (Å²) in [7, 11) is 0. The fourth-order valence-electron chi connectivity index (χ4n) is 16.0. The van der Waals surface area contributed by atoms with Crippen LogP contribution in [0, 0.1) is 46.3 Å². The Labute approximate surface area is 855 Å². The number of unbranched alkanes of at least 4 members (excludes halogenated alkanes) is 1. The number of carbonyl (C=O) groups is 21. The summed E-state index contributed by atoms with van der Waals surface area (Å²) in [6, 6.07) is -3.92. The van der Waals surface area contributed by atoms with Crippen molar-refractivity contribution in [3.05, 3.63) is 65.7 Å². The molecular weight excluding hydrogens is 1910 g/mol. The summed E-state index contributed by atoms with van der Waals surface area (Å²) in [5.41, 5.74) is 29.3. The molecule has 51 nitrogen and oxygen atoms in total. The molecule has 20 amide bonds. The number of guanidine groups is 2. The zero-order chi connectivity index (χ0) is 110. The van der Waals surface area contributed by atoms with E-state index in [4.69, 9.17) is 39.5 Å². The maximum atomic E-state index is 14.9. The van der Waals surface area contributed by atoms with Gasteiger partial charge >= 0.3 is 5.97 Å². The SMILES string of the molecule is CC[C@H](C)[C@H](NC(=O)[C@H](CC(N)=O)NC(=O)CNC(=O)CNC(=O)CNC(=O)[C@@H]1CCCN1C(=O)[C@H](Cc1ccccc1)NC(=O)[C@H](CCCCN)NC(=O)[C@@H](N)C(C)C)C(=O)N[C@H](C(=O)NCC(=O)NCC(=O)N[C@@H](CC(C)C)C(=O)N[C@@H](Cc1ccc(O)cc1)C(=O)N[C@@H](CC(C)C)C(=O)N[C@@H](CC(C)C)C(=O)N1CCC[C@H]1C(=O)N[C@@H](CCCNC(=N)N)C(=O)N[C@@H](CCCNC(=N)N)C(=O)NCC(=O)O)C(C)C. The van der Waals surface area contributed by atoms with Crippen molar-refractivity contribution >= 4 is 136 Å². The largest absolute Gasteiger partial charge is 0.508 e.